The molecule has 0 bridgehead atoms. The Morgan fingerprint density at radius 3 is 1.67 bits per heavy atom. The lowest BCUT2D eigenvalue weighted by atomic mass is 9.96. The van der Waals surface area contributed by atoms with Crippen LogP contribution >= 0.6 is 0 Å². The SMILES string of the molecule is Cc1cc(Cc2ccc(O)cc2)cc(Cc2ccc(O)cc2)c1O. The third kappa shape index (κ3) is 3.69. The Bertz CT molecular complexity index is 834. The number of benzene rings is 3. The lowest BCUT2D eigenvalue weighted by molar-refractivity contribution is 0.465. The zero-order chi connectivity index (χ0) is 17.1. The van der Waals surface area contributed by atoms with Crippen LogP contribution < -0.4 is 0 Å². The first-order valence-corrected chi connectivity index (χ1v) is 7.88. The van der Waals surface area contributed by atoms with Gasteiger partial charge in [0.1, 0.15) is 17.2 Å². The highest BCUT2D eigenvalue weighted by molar-refractivity contribution is 5.47. The Labute approximate surface area is 141 Å². The van der Waals surface area contributed by atoms with Gasteiger partial charge in [0.05, 0.1) is 0 Å². The molecule has 0 aliphatic heterocycles. The molecule has 0 amide bonds. The molecule has 24 heavy (non-hydrogen) atoms. The third-order valence-electron chi connectivity index (χ3n) is 4.11. The molecule has 0 saturated heterocycles. The fourth-order valence-corrected chi connectivity index (χ4v) is 2.85. The standard InChI is InChI=1S/C21H20O3/c1-14-10-17(11-15-2-6-19(22)7-3-15)13-18(21(14)24)12-16-4-8-20(23)9-5-16/h2-10,13,22-24H,11-12H2,1H3. The number of rotatable bonds is 4. The second-order valence-electron chi connectivity index (χ2n) is 6.11. The van der Waals surface area contributed by atoms with Crippen LogP contribution in [0.5, 0.6) is 17.2 Å². The maximum Gasteiger partial charge on any atom is 0.122 e. The highest BCUT2D eigenvalue weighted by Crippen LogP contribution is 2.28. The monoisotopic (exact) mass is 320 g/mol. The van der Waals surface area contributed by atoms with Crippen LogP contribution in [0, 0.1) is 6.92 Å². The smallest absolute Gasteiger partial charge is 0.122 e. The van der Waals surface area contributed by atoms with E-state index in [-0.39, 0.29) is 11.5 Å². The van der Waals surface area contributed by atoms with Gasteiger partial charge in [0.2, 0.25) is 0 Å². The second kappa shape index (κ2) is 6.67. The van der Waals surface area contributed by atoms with Gasteiger partial charge in [-0.2, -0.15) is 0 Å². The van der Waals surface area contributed by atoms with Gasteiger partial charge in [-0.1, -0.05) is 36.4 Å². The zero-order valence-electron chi connectivity index (χ0n) is 13.5. The molecule has 0 aromatic heterocycles. The Hall–Kier alpha value is -2.94. The number of aryl methyl sites for hydroxylation is 1. The molecule has 0 radical (unpaired) electrons. The summed E-state index contributed by atoms with van der Waals surface area (Å²) in [5.41, 5.74) is 4.97. The molecule has 3 heteroatoms. The first kappa shape index (κ1) is 15.9. The molecule has 3 nitrogen and oxygen atoms in total. The van der Waals surface area contributed by atoms with Gasteiger partial charge in [0, 0.05) is 6.42 Å². The van der Waals surface area contributed by atoms with Gasteiger partial charge in [-0.05, 0) is 65.4 Å². The fourth-order valence-electron chi connectivity index (χ4n) is 2.85. The van der Waals surface area contributed by atoms with Gasteiger partial charge >= 0.3 is 0 Å². The van der Waals surface area contributed by atoms with E-state index in [0.717, 1.165) is 34.2 Å². The van der Waals surface area contributed by atoms with Crippen LogP contribution in [0.3, 0.4) is 0 Å². The number of phenols is 3. The lowest BCUT2D eigenvalue weighted by Crippen LogP contribution is -1.95. The third-order valence-corrected chi connectivity index (χ3v) is 4.11. The van der Waals surface area contributed by atoms with Crippen molar-refractivity contribution in [3.63, 3.8) is 0 Å². The van der Waals surface area contributed by atoms with Crippen LogP contribution in [0.2, 0.25) is 0 Å². The summed E-state index contributed by atoms with van der Waals surface area (Å²) in [5, 5.41) is 29.1. The summed E-state index contributed by atoms with van der Waals surface area (Å²) in [6.45, 7) is 1.90. The van der Waals surface area contributed by atoms with Crippen LogP contribution in [-0.4, -0.2) is 15.3 Å². The maximum atomic E-state index is 10.4. The van der Waals surface area contributed by atoms with Gasteiger partial charge in [0.15, 0.2) is 0 Å². The van der Waals surface area contributed by atoms with Gasteiger partial charge in [-0.15, -0.1) is 0 Å². The van der Waals surface area contributed by atoms with Crippen LogP contribution in [0.4, 0.5) is 0 Å². The molecule has 0 unspecified atom stereocenters. The lowest BCUT2D eigenvalue weighted by Gasteiger charge is -2.12. The van der Waals surface area contributed by atoms with Crippen molar-refractivity contribution < 1.29 is 15.3 Å². The minimum absolute atomic E-state index is 0.236. The molecule has 0 saturated carbocycles. The van der Waals surface area contributed by atoms with E-state index >= 15 is 0 Å². The predicted molar refractivity (Wildman–Crippen MR) is 94.7 cm³/mol. The van der Waals surface area contributed by atoms with E-state index in [9.17, 15) is 15.3 Å². The number of hydrogen-bond acceptors (Lipinski definition) is 3. The van der Waals surface area contributed by atoms with Crippen LogP contribution in [0.25, 0.3) is 0 Å². The molecule has 0 spiro atoms. The molecule has 3 rings (SSSR count). The highest BCUT2D eigenvalue weighted by atomic mass is 16.3. The average Bonchev–Trinajstić information content (AvgIpc) is 2.56. The van der Waals surface area contributed by atoms with Crippen molar-refractivity contribution in [2.75, 3.05) is 0 Å². The Balaban J connectivity index is 1.87. The Morgan fingerprint density at radius 1 is 0.625 bits per heavy atom. The van der Waals surface area contributed by atoms with Crippen molar-refractivity contribution >= 4 is 0 Å². The molecule has 3 aromatic carbocycles. The van der Waals surface area contributed by atoms with Gasteiger partial charge in [-0.25, -0.2) is 0 Å². The summed E-state index contributed by atoms with van der Waals surface area (Å²) >= 11 is 0. The molecule has 0 heterocycles. The van der Waals surface area contributed by atoms with E-state index in [4.69, 9.17) is 0 Å². The Kier molecular flexibility index (Phi) is 4.43. The van der Waals surface area contributed by atoms with Gasteiger partial charge in [-0.3, -0.25) is 0 Å². The number of aromatic hydroxyl groups is 3. The van der Waals surface area contributed by atoms with Crippen molar-refractivity contribution in [3.05, 3.63) is 88.5 Å². The normalized spacial score (nSPS) is 10.7. The molecular formula is C21H20O3. The maximum absolute atomic E-state index is 10.4. The summed E-state index contributed by atoms with van der Waals surface area (Å²) in [5.74, 6) is 0.812. The molecule has 3 N–H and O–H groups in total. The van der Waals surface area contributed by atoms with Crippen LogP contribution in [-0.2, 0) is 12.8 Å². The van der Waals surface area contributed by atoms with Crippen molar-refractivity contribution in [2.24, 2.45) is 0 Å². The molecule has 0 aliphatic rings. The topological polar surface area (TPSA) is 60.7 Å². The van der Waals surface area contributed by atoms with Gasteiger partial charge < -0.3 is 15.3 Å². The van der Waals surface area contributed by atoms with Crippen LogP contribution in [0.15, 0.2) is 60.7 Å². The summed E-state index contributed by atoms with van der Waals surface area (Å²) in [6, 6.07) is 18.2. The largest absolute Gasteiger partial charge is 0.508 e. The minimum atomic E-state index is 0.236. The van der Waals surface area contributed by atoms with E-state index in [0.29, 0.717) is 12.2 Å². The van der Waals surface area contributed by atoms with Crippen molar-refractivity contribution in [1.82, 2.24) is 0 Å². The van der Waals surface area contributed by atoms with Crippen molar-refractivity contribution in [2.45, 2.75) is 19.8 Å². The molecule has 0 aliphatic carbocycles. The highest BCUT2D eigenvalue weighted by Gasteiger charge is 2.09. The summed E-state index contributed by atoms with van der Waals surface area (Å²) in [4.78, 5) is 0. The second-order valence-corrected chi connectivity index (χ2v) is 6.11. The van der Waals surface area contributed by atoms with Gasteiger partial charge in [0.25, 0.3) is 0 Å². The predicted octanol–water partition coefficient (Wildman–Crippen LogP) is 4.29. The van der Waals surface area contributed by atoms with Crippen LogP contribution in [0.1, 0.15) is 27.8 Å². The number of phenolic OH excluding ortho intramolecular Hbond substituents is 3. The van der Waals surface area contributed by atoms with E-state index < -0.39 is 0 Å². The summed E-state index contributed by atoms with van der Waals surface area (Å²) in [7, 11) is 0. The summed E-state index contributed by atoms with van der Waals surface area (Å²) < 4.78 is 0. The molecule has 0 atom stereocenters. The average molecular weight is 320 g/mol. The Morgan fingerprint density at radius 2 is 1.12 bits per heavy atom. The van der Waals surface area contributed by atoms with E-state index in [1.165, 1.54) is 0 Å². The number of hydrogen-bond donors (Lipinski definition) is 3. The summed E-state index contributed by atoms with van der Waals surface area (Å²) in [6.07, 6.45) is 1.35. The molecule has 3 aromatic rings. The van der Waals surface area contributed by atoms with Crippen molar-refractivity contribution in [1.29, 1.82) is 0 Å². The fraction of sp³-hybridized carbons (Fsp3) is 0.143. The van der Waals surface area contributed by atoms with E-state index in [1.807, 2.05) is 43.3 Å². The minimum Gasteiger partial charge on any atom is -0.508 e. The first-order valence-electron chi connectivity index (χ1n) is 7.88. The van der Waals surface area contributed by atoms with E-state index in [1.54, 1.807) is 24.3 Å². The first-order chi connectivity index (χ1) is 11.5. The molecular weight excluding hydrogens is 300 g/mol. The molecule has 122 valence electrons. The molecule has 0 fully saturated rings. The van der Waals surface area contributed by atoms with Crippen molar-refractivity contribution in [3.8, 4) is 17.2 Å². The van der Waals surface area contributed by atoms with E-state index in [2.05, 4.69) is 0 Å². The quantitative estimate of drug-likeness (QED) is 0.672. The zero-order valence-corrected chi connectivity index (χ0v) is 13.5.